The minimum atomic E-state index is 0. The number of thioether (sulfide) groups is 1. The number of rotatable bonds is 3. The molecule has 0 aliphatic carbocycles. The lowest BCUT2D eigenvalue weighted by Gasteiger charge is -1.97. The Morgan fingerprint density at radius 3 is 2.67 bits per heavy atom. The van der Waals surface area contributed by atoms with Crippen molar-refractivity contribution in [3.8, 4) is 0 Å². The fraction of sp³-hybridized carbons (Fsp3) is 0.571. The lowest BCUT2D eigenvalue weighted by atomic mass is 10.6. The van der Waals surface area contributed by atoms with Crippen molar-refractivity contribution in [1.82, 2.24) is 15.7 Å². The highest BCUT2D eigenvalue weighted by atomic mass is 35.5. The van der Waals surface area contributed by atoms with Crippen molar-refractivity contribution in [1.29, 1.82) is 0 Å². The Balaban J connectivity index is 0. The summed E-state index contributed by atoms with van der Waals surface area (Å²) in [7, 11) is 2.02. The third-order valence-corrected chi connectivity index (χ3v) is 2.48. The molecule has 0 bridgehead atoms. The van der Waals surface area contributed by atoms with Crippen molar-refractivity contribution in [3.63, 3.8) is 0 Å². The van der Waals surface area contributed by atoms with E-state index in [1.807, 2.05) is 24.0 Å². The molecule has 1 aromatic rings. The smallest absolute Gasteiger partial charge is 0.167 e. The van der Waals surface area contributed by atoms with E-state index in [1.165, 1.54) is 6.42 Å². The summed E-state index contributed by atoms with van der Waals surface area (Å²) in [5, 5.41) is 1.11. The SMILES string of the molecule is CCCSc1nccn1C.Cl.N. The van der Waals surface area contributed by atoms with E-state index in [0.717, 1.165) is 10.9 Å². The van der Waals surface area contributed by atoms with Gasteiger partial charge in [-0.1, -0.05) is 18.7 Å². The van der Waals surface area contributed by atoms with Crippen molar-refractivity contribution in [2.45, 2.75) is 18.5 Å². The molecule has 1 heterocycles. The third-order valence-electron chi connectivity index (χ3n) is 1.21. The fourth-order valence-electron chi connectivity index (χ4n) is 0.684. The zero-order valence-corrected chi connectivity index (χ0v) is 9.12. The number of hydrogen-bond acceptors (Lipinski definition) is 3. The molecule has 72 valence electrons. The average Bonchev–Trinajstić information content (AvgIpc) is 2.31. The standard InChI is InChI=1S/C7H12N2S.ClH.H3N/c1-3-6-10-7-8-4-5-9(7)2;;/h4-5H,3,6H2,1-2H3;1H;1H3. The van der Waals surface area contributed by atoms with Crippen molar-refractivity contribution in [2.24, 2.45) is 7.05 Å². The van der Waals surface area contributed by atoms with E-state index in [1.54, 1.807) is 11.8 Å². The predicted octanol–water partition coefficient (Wildman–Crippen LogP) is 2.51. The van der Waals surface area contributed by atoms with Gasteiger partial charge < -0.3 is 10.7 Å². The lowest BCUT2D eigenvalue weighted by Crippen LogP contribution is -1.88. The molecule has 0 spiro atoms. The molecular weight excluding hydrogens is 194 g/mol. The third kappa shape index (κ3) is 3.99. The maximum absolute atomic E-state index is 4.18. The van der Waals surface area contributed by atoms with E-state index >= 15 is 0 Å². The zero-order valence-electron chi connectivity index (χ0n) is 7.49. The number of halogens is 1. The van der Waals surface area contributed by atoms with E-state index in [2.05, 4.69) is 11.9 Å². The summed E-state index contributed by atoms with van der Waals surface area (Å²) in [6.45, 7) is 2.18. The Kier molecular flexibility index (Phi) is 8.91. The summed E-state index contributed by atoms with van der Waals surface area (Å²) in [6, 6.07) is 0. The first-order chi connectivity index (χ1) is 4.84. The molecule has 0 fully saturated rings. The highest BCUT2D eigenvalue weighted by Crippen LogP contribution is 2.14. The summed E-state index contributed by atoms with van der Waals surface area (Å²) in [6.07, 6.45) is 5.01. The molecule has 12 heavy (non-hydrogen) atoms. The number of hydrogen-bond donors (Lipinski definition) is 1. The molecule has 0 radical (unpaired) electrons. The minimum absolute atomic E-state index is 0. The maximum Gasteiger partial charge on any atom is 0.167 e. The van der Waals surface area contributed by atoms with Gasteiger partial charge in [-0.3, -0.25) is 0 Å². The molecule has 3 nitrogen and oxygen atoms in total. The molecule has 0 unspecified atom stereocenters. The van der Waals surface area contributed by atoms with Gasteiger partial charge in [-0.25, -0.2) is 4.98 Å². The molecule has 0 amide bonds. The predicted molar refractivity (Wildman–Crippen MR) is 56.5 cm³/mol. The van der Waals surface area contributed by atoms with Crippen LogP contribution in [-0.2, 0) is 7.05 Å². The van der Waals surface area contributed by atoms with Crippen LogP contribution < -0.4 is 6.15 Å². The lowest BCUT2D eigenvalue weighted by molar-refractivity contribution is 0.789. The van der Waals surface area contributed by atoms with Crippen LogP contribution in [0, 0.1) is 0 Å². The van der Waals surface area contributed by atoms with Crippen LogP contribution in [0.4, 0.5) is 0 Å². The van der Waals surface area contributed by atoms with Crippen molar-refractivity contribution in [3.05, 3.63) is 12.4 Å². The van der Waals surface area contributed by atoms with Gasteiger partial charge in [0, 0.05) is 25.2 Å². The number of aryl methyl sites for hydroxylation is 1. The van der Waals surface area contributed by atoms with Crippen LogP contribution in [-0.4, -0.2) is 15.3 Å². The van der Waals surface area contributed by atoms with Crippen LogP contribution in [0.25, 0.3) is 0 Å². The summed E-state index contributed by atoms with van der Waals surface area (Å²) in [5.74, 6) is 1.16. The first-order valence-electron chi connectivity index (χ1n) is 3.44. The summed E-state index contributed by atoms with van der Waals surface area (Å²) in [4.78, 5) is 4.18. The number of aromatic nitrogens is 2. The zero-order chi connectivity index (χ0) is 7.40. The van der Waals surface area contributed by atoms with Gasteiger partial charge in [0.05, 0.1) is 0 Å². The van der Waals surface area contributed by atoms with Gasteiger partial charge in [-0.2, -0.15) is 0 Å². The molecule has 0 atom stereocenters. The number of imidazole rings is 1. The Morgan fingerprint density at radius 2 is 2.25 bits per heavy atom. The summed E-state index contributed by atoms with van der Waals surface area (Å²) >= 11 is 1.81. The second kappa shape index (κ2) is 7.46. The van der Waals surface area contributed by atoms with Crippen LogP contribution in [0.15, 0.2) is 17.6 Å². The molecule has 1 rings (SSSR count). The topological polar surface area (TPSA) is 52.8 Å². The van der Waals surface area contributed by atoms with Gasteiger partial charge in [0.2, 0.25) is 0 Å². The Bertz CT molecular complexity index is 202. The Morgan fingerprint density at radius 1 is 1.58 bits per heavy atom. The molecule has 1 aromatic heterocycles. The van der Waals surface area contributed by atoms with Crippen LogP contribution in [0.1, 0.15) is 13.3 Å². The van der Waals surface area contributed by atoms with Crippen molar-refractivity contribution < 1.29 is 0 Å². The highest BCUT2D eigenvalue weighted by Gasteiger charge is 1.96. The molecule has 5 heteroatoms. The molecule has 0 aliphatic rings. The Labute approximate surface area is 83.9 Å². The van der Waals surface area contributed by atoms with Gasteiger partial charge in [0.15, 0.2) is 5.16 Å². The van der Waals surface area contributed by atoms with Crippen molar-refractivity contribution >= 4 is 24.2 Å². The van der Waals surface area contributed by atoms with E-state index in [-0.39, 0.29) is 18.6 Å². The van der Waals surface area contributed by atoms with Gasteiger partial charge in [0.1, 0.15) is 0 Å². The van der Waals surface area contributed by atoms with Gasteiger partial charge >= 0.3 is 0 Å². The van der Waals surface area contributed by atoms with Gasteiger partial charge in [-0.05, 0) is 6.42 Å². The van der Waals surface area contributed by atoms with Gasteiger partial charge in [-0.15, -0.1) is 12.4 Å². The van der Waals surface area contributed by atoms with Crippen LogP contribution in [0.5, 0.6) is 0 Å². The fourth-order valence-corrected chi connectivity index (χ4v) is 1.47. The summed E-state index contributed by atoms with van der Waals surface area (Å²) < 4.78 is 2.04. The first kappa shape index (κ1) is 14.3. The molecule has 0 aromatic carbocycles. The quantitative estimate of drug-likeness (QED) is 0.779. The van der Waals surface area contributed by atoms with Crippen LogP contribution in [0.3, 0.4) is 0 Å². The summed E-state index contributed by atoms with van der Waals surface area (Å²) in [5.41, 5.74) is 0. The molecule has 3 N–H and O–H groups in total. The minimum Gasteiger partial charge on any atom is -0.344 e. The largest absolute Gasteiger partial charge is 0.344 e. The second-order valence-electron chi connectivity index (χ2n) is 2.17. The van der Waals surface area contributed by atoms with E-state index in [0.29, 0.717) is 0 Å². The number of nitrogens with zero attached hydrogens (tertiary/aromatic N) is 2. The highest BCUT2D eigenvalue weighted by molar-refractivity contribution is 7.99. The monoisotopic (exact) mass is 209 g/mol. The molecular formula is C7H16ClN3S. The van der Waals surface area contributed by atoms with E-state index < -0.39 is 0 Å². The second-order valence-corrected chi connectivity index (χ2v) is 3.23. The average molecular weight is 210 g/mol. The van der Waals surface area contributed by atoms with Gasteiger partial charge in [0.25, 0.3) is 0 Å². The Hall–Kier alpha value is -0.190. The molecule has 0 aliphatic heterocycles. The van der Waals surface area contributed by atoms with E-state index in [4.69, 9.17) is 0 Å². The van der Waals surface area contributed by atoms with Crippen molar-refractivity contribution in [2.75, 3.05) is 5.75 Å². The van der Waals surface area contributed by atoms with Crippen LogP contribution >= 0.6 is 24.2 Å². The molecule has 0 saturated heterocycles. The van der Waals surface area contributed by atoms with E-state index in [9.17, 15) is 0 Å². The first-order valence-corrected chi connectivity index (χ1v) is 4.43. The van der Waals surface area contributed by atoms with Crippen LogP contribution in [0.2, 0.25) is 0 Å². The maximum atomic E-state index is 4.18. The normalized spacial score (nSPS) is 8.50. The molecule has 0 saturated carbocycles.